The molecule has 0 radical (unpaired) electrons. The molecular formula is C27H24N6O3. The third-order valence-corrected chi connectivity index (χ3v) is 6.28. The summed E-state index contributed by atoms with van der Waals surface area (Å²) in [6.45, 7) is 2.42. The van der Waals surface area contributed by atoms with Gasteiger partial charge in [0.2, 0.25) is 5.95 Å². The number of hydrogen-bond acceptors (Lipinski definition) is 8. The van der Waals surface area contributed by atoms with Crippen LogP contribution >= 0.6 is 0 Å². The molecule has 4 aromatic rings. The summed E-state index contributed by atoms with van der Waals surface area (Å²) in [6.07, 6.45) is 5.53. The Balaban J connectivity index is 1.13. The summed E-state index contributed by atoms with van der Waals surface area (Å²) in [5.74, 6) is 1.95. The molecule has 1 saturated heterocycles. The lowest BCUT2D eigenvalue weighted by molar-refractivity contribution is 0.136. The van der Waals surface area contributed by atoms with Gasteiger partial charge in [-0.05, 0) is 60.5 Å². The first-order valence-corrected chi connectivity index (χ1v) is 11.7. The lowest BCUT2D eigenvalue weighted by Gasteiger charge is -2.13. The van der Waals surface area contributed by atoms with Crippen LogP contribution in [0, 0.1) is 6.92 Å². The number of hydrogen-bond donors (Lipinski definition) is 3. The zero-order valence-electron chi connectivity index (χ0n) is 19.6. The molecule has 2 aromatic heterocycles. The van der Waals surface area contributed by atoms with Gasteiger partial charge in [0.1, 0.15) is 24.3 Å². The van der Waals surface area contributed by atoms with E-state index in [1.54, 1.807) is 18.6 Å². The highest BCUT2D eigenvalue weighted by atomic mass is 16.6. The van der Waals surface area contributed by atoms with Crippen LogP contribution in [0.1, 0.15) is 28.3 Å². The molecule has 9 nitrogen and oxygen atoms in total. The molecule has 0 spiro atoms. The summed E-state index contributed by atoms with van der Waals surface area (Å²) >= 11 is 0. The average molecular weight is 481 g/mol. The van der Waals surface area contributed by atoms with Crippen molar-refractivity contribution >= 4 is 29.2 Å². The number of carbonyl (C=O) groups excluding carboxylic acids is 1. The Morgan fingerprint density at radius 1 is 1.08 bits per heavy atom. The van der Waals surface area contributed by atoms with E-state index in [1.165, 1.54) is 5.56 Å². The van der Waals surface area contributed by atoms with Crippen LogP contribution in [-0.2, 0) is 17.8 Å². The van der Waals surface area contributed by atoms with E-state index in [0.717, 1.165) is 40.2 Å². The summed E-state index contributed by atoms with van der Waals surface area (Å²) in [5.41, 5.74) is 5.90. The fourth-order valence-corrected chi connectivity index (χ4v) is 4.44. The van der Waals surface area contributed by atoms with Crippen molar-refractivity contribution in [3.8, 4) is 5.75 Å². The zero-order chi connectivity index (χ0) is 24.5. The number of nitrogens with zero attached hydrogens (tertiary/aromatic N) is 3. The number of ether oxygens (including phenoxy) is 2. The highest BCUT2D eigenvalue weighted by Gasteiger charge is 2.41. The van der Waals surface area contributed by atoms with Crippen molar-refractivity contribution in [3.63, 3.8) is 0 Å². The highest BCUT2D eigenvalue weighted by Crippen LogP contribution is 2.38. The minimum absolute atomic E-state index is 0.110. The number of alkyl carbamates (subject to hydrolysis) is 1. The van der Waals surface area contributed by atoms with Crippen molar-refractivity contribution in [1.29, 1.82) is 0 Å². The standard InChI is InChI=1S/C27H24N6O3/c1-16-13-29-26(31-20-5-4-18-11-23-24(22(18)12-20)32-27(34)36-23)33-25(16)30-19-6-8-21(9-7-19)35-15-17-3-2-10-28-14-17/h2-10,12-14,23-24H,11,15H2,1H3,(H,32,34)(H2,29,30,31,33)/t23?,24-/m1/s1. The Morgan fingerprint density at radius 3 is 2.78 bits per heavy atom. The van der Waals surface area contributed by atoms with E-state index in [-0.39, 0.29) is 18.2 Å². The normalized spacial score (nSPS) is 17.5. The van der Waals surface area contributed by atoms with Gasteiger partial charge in [0, 0.05) is 47.5 Å². The van der Waals surface area contributed by atoms with Gasteiger partial charge in [0.25, 0.3) is 0 Å². The first-order valence-electron chi connectivity index (χ1n) is 11.7. The molecular weight excluding hydrogens is 456 g/mol. The van der Waals surface area contributed by atoms with Gasteiger partial charge in [-0.15, -0.1) is 0 Å². The van der Waals surface area contributed by atoms with Gasteiger partial charge in [0.15, 0.2) is 0 Å². The molecule has 1 aliphatic carbocycles. The first kappa shape index (κ1) is 21.8. The molecule has 9 heteroatoms. The highest BCUT2D eigenvalue weighted by molar-refractivity contribution is 5.72. The second kappa shape index (κ2) is 9.18. The smallest absolute Gasteiger partial charge is 0.408 e. The molecule has 180 valence electrons. The van der Waals surface area contributed by atoms with Crippen LogP contribution in [0.5, 0.6) is 5.75 Å². The van der Waals surface area contributed by atoms with Gasteiger partial charge >= 0.3 is 6.09 Å². The molecule has 36 heavy (non-hydrogen) atoms. The number of nitrogens with one attached hydrogen (secondary N) is 3. The Kier molecular flexibility index (Phi) is 5.57. The first-order chi connectivity index (χ1) is 17.6. The average Bonchev–Trinajstić information content (AvgIpc) is 3.42. The quantitative estimate of drug-likeness (QED) is 0.341. The number of carbonyl (C=O) groups is 1. The van der Waals surface area contributed by atoms with Crippen LogP contribution in [0.3, 0.4) is 0 Å². The third-order valence-electron chi connectivity index (χ3n) is 6.28. The van der Waals surface area contributed by atoms with E-state index in [1.807, 2.05) is 55.5 Å². The van der Waals surface area contributed by atoms with Crippen LogP contribution < -0.4 is 20.7 Å². The van der Waals surface area contributed by atoms with Crippen LogP contribution in [0.15, 0.2) is 73.2 Å². The second-order valence-electron chi connectivity index (χ2n) is 8.83. The maximum atomic E-state index is 11.6. The topological polar surface area (TPSA) is 110 Å². The lowest BCUT2D eigenvalue weighted by Crippen LogP contribution is -2.18. The summed E-state index contributed by atoms with van der Waals surface area (Å²) in [4.78, 5) is 24.8. The fraction of sp³-hybridized carbons (Fsp3) is 0.185. The van der Waals surface area contributed by atoms with Crippen LogP contribution in [-0.4, -0.2) is 27.1 Å². The van der Waals surface area contributed by atoms with Crippen molar-refractivity contribution < 1.29 is 14.3 Å². The van der Waals surface area contributed by atoms with E-state index >= 15 is 0 Å². The molecule has 1 aliphatic heterocycles. The summed E-state index contributed by atoms with van der Waals surface area (Å²) in [7, 11) is 0. The maximum Gasteiger partial charge on any atom is 0.408 e. The number of anilines is 4. The molecule has 2 atom stereocenters. The molecule has 6 rings (SSSR count). The summed E-state index contributed by atoms with van der Waals surface area (Å²) in [6, 6.07) is 17.5. The molecule has 0 saturated carbocycles. The lowest BCUT2D eigenvalue weighted by atomic mass is 10.1. The van der Waals surface area contributed by atoms with E-state index in [4.69, 9.17) is 9.47 Å². The number of aromatic nitrogens is 3. The van der Waals surface area contributed by atoms with E-state index in [9.17, 15) is 4.79 Å². The third kappa shape index (κ3) is 4.50. The van der Waals surface area contributed by atoms with Crippen LogP contribution in [0.2, 0.25) is 0 Å². The van der Waals surface area contributed by atoms with Gasteiger partial charge in [-0.2, -0.15) is 4.98 Å². The van der Waals surface area contributed by atoms with Gasteiger partial charge in [0.05, 0.1) is 6.04 Å². The zero-order valence-corrected chi connectivity index (χ0v) is 19.6. The molecule has 3 N–H and O–H groups in total. The molecule has 1 amide bonds. The number of pyridine rings is 1. The molecule has 1 unspecified atom stereocenters. The second-order valence-corrected chi connectivity index (χ2v) is 8.83. The Bertz CT molecular complexity index is 1410. The monoisotopic (exact) mass is 480 g/mol. The predicted molar refractivity (Wildman–Crippen MR) is 135 cm³/mol. The van der Waals surface area contributed by atoms with Crippen molar-refractivity contribution in [2.75, 3.05) is 10.6 Å². The minimum atomic E-state index is -0.361. The number of amides is 1. The summed E-state index contributed by atoms with van der Waals surface area (Å²) < 4.78 is 11.2. The van der Waals surface area contributed by atoms with Gasteiger partial charge in [-0.1, -0.05) is 12.1 Å². The van der Waals surface area contributed by atoms with Crippen LogP contribution in [0.4, 0.5) is 27.9 Å². The molecule has 3 heterocycles. The molecule has 2 aliphatic rings. The van der Waals surface area contributed by atoms with E-state index in [0.29, 0.717) is 18.4 Å². The van der Waals surface area contributed by atoms with Crippen molar-refractivity contribution in [1.82, 2.24) is 20.3 Å². The number of rotatable bonds is 7. The van der Waals surface area contributed by atoms with E-state index in [2.05, 4.69) is 37.0 Å². The predicted octanol–water partition coefficient (Wildman–Crippen LogP) is 4.95. The Labute approximate surface area is 207 Å². The number of benzene rings is 2. The van der Waals surface area contributed by atoms with Gasteiger partial charge in [-0.25, -0.2) is 9.78 Å². The van der Waals surface area contributed by atoms with Gasteiger partial charge in [-0.3, -0.25) is 4.98 Å². The van der Waals surface area contributed by atoms with Crippen molar-refractivity contribution in [3.05, 3.63) is 95.4 Å². The molecule has 2 aromatic carbocycles. The molecule has 1 fully saturated rings. The number of aryl methyl sites for hydroxylation is 1. The molecule has 0 bridgehead atoms. The largest absolute Gasteiger partial charge is 0.489 e. The van der Waals surface area contributed by atoms with Crippen LogP contribution in [0.25, 0.3) is 0 Å². The van der Waals surface area contributed by atoms with Gasteiger partial charge < -0.3 is 25.4 Å². The SMILES string of the molecule is Cc1cnc(Nc2ccc3c(c2)[C@H]2NC(=O)OC2C3)nc1Nc1ccc(OCc2cccnc2)cc1. The Hall–Kier alpha value is -4.66. The minimum Gasteiger partial charge on any atom is -0.489 e. The van der Waals surface area contributed by atoms with E-state index < -0.39 is 0 Å². The summed E-state index contributed by atoms with van der Waals surface area (Å²) in [5, 5.41) is 9.52. The Morgan fingerprint density at radius 2 is 1.94 bits per heavy atom. The maximum absolute atomic E-state index is 11.6. The van der Waals surface area contributed by atoms with Crippen molar-refractivity contribution in [2.24, 2.45) is 0 Å². The van der Waals surface area contributed by atoms with Crippen molar-refractivity contribution in [2.45, 2.75) is 32.1 Å². The number of fused-ring (bicyclic) bond motifs is 3. The fourth-order valence-electron chi connectivity index (χ4n) is 4.44.